The fourth-order valence-corrected chi connectivity index (χ4v) is 2.61. The Kier molecular flexibility index (Phi) is 4.34. The van der Waals surface area contributed by atoms with E-state index < -0.39 is 0 Å². The minimum absolute atomic E-state index is 0.119. The van der Waals surface area contributed by atoms with Crippen molar-refractivity contribution in [3.8, 4) is 0 Å². The van der Waals surface area contributed by atoms with Gasteiger partial charge in [0.05, 0.1) is 6.04 Å². The van der Waals surface area contributed by atoms with E-state index in [1.54, 1.807) is 17.0 Å². The molecular weight excluding hydrogens is 281 g/mol. The van der Waals surface area contributed by atoms with Gasteiger partial charge >= 0.3 is 6.03 Å². The normalized spacial score (nSPS) is 18.0. The summed E-state index contributed by atoms with van der Waals surface area (Å²) in [4.78, 5) is 14.1. The van der Waals surface area contributed by atoms with E-state index in [1.807, 2.05) is 30.3 Å². The standard InChI is InChI=1S/C17H18FN3O/c18-14-7-4-8-15(11-14)20-17(22)21-10-9-19-16(12-21)13-5-2-1-3-6-13/h1-8,11,16,19H,9-10,12H2,(H,20,22). The van der Waals surface area contributed by atoms with Gasteiger partial charge in [-0.15, -0.1) is 0 Å². The van der Waals surface area contributed by atoms with Gasteiger partial charge in [0.15, 0.2) is 0 Å². The van der Waals surface area contributed by atoms with Crippen LogP contribution in [-0.4, -0.2) is 30.6 Å². The summed E-state index contributed by atoms with van der Waals surface area (Å²) >= 11 is 0. The van der Waals surface area contributed by atoms with Crippen molar-refractivity contribution >= 4 is 11.7 Å². The predicted molar refractivity (Wildman–Crippen MR) is 84.2 cm³/mol. The van der Waals surface area contributed by atoms with Gasteiger partial charge in [-0.25, -0.2) is 9.18 Å². The molecule has 4 nitrogen and oxygen atoms in total. The number of nitrogens with zero attached hydrogens (tertiary/aromatic N) is 1. The monoisotopic (exact) mass is 299 g/mol. The largest absolute Gasteiger partial charge is 0.321 e. The number of hydrogen-bond acceptors (Lipinski definition) is 2. The van der Waals surface area contributed by atoms with Crippen LogP contribution in [-0.2, 0) is 0 Å². The lowest BCUT2D eigenvalue weighted by molar-refractivity contribution is 0.190. The van der Waals surface area contributed by atoms with E-state index in [1.165, 1.54) is 12.1 Å². The van der Waals surface area contributed by atoms with E-state index in [0.717, 1.165) is 12.1 Å². The van der Waals surface area contributed by atoms with Crippen LogP contribution in [0.25, 0.3) is 0 Å². The summed E-state index contributed by atoms with van der Waals surface area (Å²) in [5.41, 5.74) is 1.63. The molecule has 1 aliphatic heterocycles. The first kappa shape index (κ1) is 14.5. The van der Waals surface area contributed by atoms with E-state index in [2.05, 4.69) is 10.6 Å². The van der Waals surface area contributed by atoms with Crippen LogP contribution in [0.3, 0.4) is 0 Å². The Labute approximate surface area is 128 Å². The average Bonchev–Trinajstić information content (AvgIpc) is 2.56. The van der Waals surface area contributed by atoms with E-state index in [4.69, 9.17) is 0 Å². The van der Waals surface area contributed by atoms with Gasteiger partial charge in [0.1, 0.15) is 5.82 Å². The highest BCUT2D eigenvalue weighted by molar-refractivity contribution is 5.89. The molecule has 1 aliphatic rings. The summed E-state index contributed by atoms with van der Waals surface area (Å²) in [5.74, 6) is -0.361. The number of halogens is 1. The van der Waals surface area contributed by atoms with Crippen molar-refractivity contribution in [1.29, 1.82) is 0 Å². The molecule has 0 saturated carbocycles. The lowest BCUT2D eigenvalue weighted by atomic mass is 10.0. The van der Waals surface area contributed by atoms with Crippen molar-refractivity contribution in [2.75, 3.05) is 25.0 Å². The molecule has 0 bridgehead atoms. The molecule has 0 aliphatic carbocycles. The van der Waals surface area contributed by atoms with E-state index in [9.17, 15) is 9.18 Å². The maximum absolute atomic E-state index is 13.2. The molecule has 0 radical (unpaired) electrons. The molecule has 22 heavy (non-hydrogen) atoms. The second-order valence-corrected chi connectivity index (χ2v) is 5.30. The van der Waals surface area contributed by atoms with E-state index >= 15 is 0 Å². The van der Waals surface area contributed by atoms with E-state index in [0.29, 0.717) is 18.8 Å². The van der Waals surface area contributed by atoms with Crippen molar-refractivity contribution in [3.63, 3.8) is 0 Å². The van der Waals surface area contributed by atoms with Gasteiger partial charge in [0, 0.05) is 25.3 Å². The molecule has 3 rings (SSSR count). The number of urea groups is 1. The zero-order valence-electron chi connectivity index (χ0n) is 12.1. The second-order valence-electron chi connectivity index (χ2n) is 5.30. The van der Waals surface area contributed by atoms with Gasteiger partial charge in [0.2, 0.25) is 0 Å². The topological polar surface area (TPSA) is 44.4 Å². The fourth-order valence-electron chi connectivity index (χ4n) is 2.61. The minimum Gasteiger partial charge on any atom is -0.321 e. The number of carbonyl (C=O) groups excluding carboxylic acids is 1. The quantitative estimate of drug-likeness (QED) is 0.895. The van der Waals surface area contributed by atoms with Crippen LogP contribution >= 0.6 is 0 Å². The summed E-state index contributed by atoms with van der Waals surface area (Å²) in [7, 11) is 0. The first-order chi connectivity index (χ1) is 10.7. The number of piperazine rings is 1. The van der Waals surface area contributed by atoms with Crippen molar-refractivity contribution in [3.05, 3.63) is 66.0 Å². The molecule has 2 N–H and O–H groups in total. The highest BCUT2D eigenvalue weighted by atomic mass is 19.1. The van der Waals surface area contributed by atoms with Crippen LogP contribution in [0, 0.1) is 5.82 Å². The van der Waals surface area contributed by atoms with Crippen LogP contribution in [0.1, 0.15) is 11.6 Å². The van der Waals surface area contributed by atoms with Crippen LogP contribution < -0.4 is 10.6 Å². The molecule has 1 heterocycles. The Morgan fingerprint density at radius 3 is 2.77 bits per heavy atom. The molecule has 1 atom stereocenters. The second kappa shape index (κ2) is 6.58. The van der Waals surface area contributed by atoms with Gasteiger partial charge < -0.3 is 15.5 Å². The predicted octanol–water partition coefficient (Wildman–Crippen LogP) is 3.00. The number of anilines is 1. The molecule has 2 amide bonds. The molecule has 0 spiro atoms. The maximum atomic E-state index is 13.2. The highest BCUT2D eigenvalue weighted by Gasteiger charge is 2.24. The number of amides is 2. The number of carbonyl (C=O) groups is 1. The highest BCUT2D eigenvalue weighted by Crippen LogP contribution is 2.18. The van der Waals surface area contributed by atoms with Crippen LogP contribution in [0.2, 0.25) is 0 Å². The zero-order valence-corrected chi connectivity index (χ0v) is 12.1. The lowest BCUT2D eigenvalue weighted by Gasteiger charge is -2.34. The molecular formula is C17H18FN3O. The summed E-state index contributed by atoms with van der Waals surface area (Å²) in [6.07, 6.45) is 0. The third-order valence-corrected chi connectivity index (χ3v) is 3.74. The summed E-state index contributed by atoms with van der Waals surface area (Å²) in [6, 6.07) is 15.9. The number of hydrogen-bond donors (Lipinski definition) is 2. The van der Waals surface area contributed by atoms with Crippen LogP contribution in [0.15, 0.2) is 54.6 Å². The summed E-state index contributed by atoms with van der Waals surface area (Å²) < 4.78 is 13.2. The van der Waals surface area contributed by atoms with Crippen molar-refractivity contribution in [2.24, 2.45) is 0 Å². The Morgan fingerprint density at radius 2 is 2.00 bits per heavy atom. The lowest BCUT2D eigenvalue weighted by Crippen LogP contribution is -2.49. The van der Waals surface area contributed by atoms with Crippen LogP contribution in [0.5, 0.6) is 0 Å². The number of rotatable bonds is 2. The van der Waals surface area contributed by atoms with E-state index in [-0.39, 0.29) is 17.9 Å². The Morgan fingerprint density at radius 1 is 1.18 bits per heavy atom. The fraction of sp³-hybridized carbons (Fsp3) is 0.235. The average molecular weight is 299 g/mol. The van der Waals surface area contributed by atoms with Crippen molar-refractivity contribution in [2.45, 2.75) is 6.04 Å². The number of nitrogens with one attached hydrogen (secondary N) is 2. The molecule has 0 aromatic heterocycles. The SMILES string of the molecule is O=C(Nc1cccc(F)c1)N1CCNC(c2ccccc2)C1. The third kappa shape index (κ3) is 3.43. The maximum Gasteiger partial charge on any atom is 0.321 e. The minimum atomic E-state index is -0.361. The molecule has 1 unspecified atom stereocenters. The first-order valence-electron chi connectivity index (χ1n) is 7.32. The van der Waals surface area contributed by atoms with Gasteiger partial charge in [-0.2, -0.15) is 0 Å². The zero-order chi connectivity index (χ0) is 15.4. The van der Waals surface area contributed by atoms with Gasteiger partial charge in [-0.1, -0.05) is 36.4 Å². The smallest absolute Gasteiger partial charge is 0.321 e. The summed E-state index contributed by atoms with van der Waals surface area (Å²) in [6.45, 7) is 1.95. The van der Waals surface area contributed by atoms with Gasteiger partial charge in [-0.3, -0.25) is 0 Å². The Balaban J connectivity index is 1.65. The van der Waals surface area contributed by atoms with Gasteiger partial charge in [0.25, 0.3) is 0 Å². The molecule has 2 aromatic rings. The molecule has 1 fully saturated rings. The number of benzene rings is 2. The van der Waals surface area contributed by atoms with Crippen molar-refractivity contribution in [1.82, 2.24) is 10.2 Å². The van der Waals surface area contributed by atoms with Crippen molar-refractivity contribution < 1.29 is 9.18 Å². The molecule has 2 aromatic carbocycles. The summed E-state index contributed by atoms with van der Waals surface area (Å²) in [5, 5.41) is 6.16. The first-order valence-corrected chi connectivity index (χ1v) is 7.32. The molecule has 114 valence electrons. The Bertz CT molecular complexity index is 647. The molecule has 5 heteroatoms. The third-order valence-electron chi connectivity index (χ3n) is 3.74. The Hall–Kier alpha value is -2.40. The van der Waals surface area contributed by atoms with Crippen LogP contribution in [0.4, 0.5) is 14.9 Å². The molecule has 1 saturated heterocycles. The van der Waals surface area contributed by atoms with Gasteiger partial charge in [-0.05, 0) is 23.8 Å².